The zero-order chi connectivity index (χ0) is 9.80. The predicted octanol–water partition coefficient (Wildman–Crippen LogP) is 4.07. The third-order valence-corrected chi connectivity index (χ3v) is 2.81. The van der Waals surface area contributed by atoms with Crippen molar-refractivity contribution >= 4 is 0 Å². The van der Waals surface area contributed by atoms with Crippen molar-refractivity contribution in [2.75, 3.05) is 0 Å². The summed E-state index contributed by atoms with van der Waals surface area (Å²) < 4.78 is 0. The molecule has 0 saturated carbocycles. The number of hydrogen-bond acceptors (Lipinski definition) is 0. The van der Waals surface area contributed by atoms with Gasteiger partial charge in [0.05, 0.1) is 0 Å². The minimum absolute atomic E-state index is 0.593. The Balaban J connectivity index is 2.26. The molecular formula is C14H16. The van der Waals surface area contributed by atoms with Crippen LogP contribution in [0.4, 0.5) is 0 Å². The van der Waals surface area contributed by atoms with Gasteiger partial charge in [-0.3, -0.25) is 0 Å². The fourth-order valence-corrected chi connectivity index (χ4v) is 2.08. The van der Waals surface area contributed by atoms with Crippen LogP contribution >= 0.6 is 0 Å². The lowest BCUT2D eigenvalue weighted by molar-refractivity contribution is 0.777. The van der Waals surface area contributed by atoms with Crippen LogP contribution in [0.2, 0.25) is 0 Å². The SMILES string of the molecule is CCC(C1=CCC=C1)c1ccccc1. The Labute approximate surface area is 86.0 Å². The third-order valence-electron chi connectivity index (χ3n) is 2.81. The number of hydrogen-bond donors (Lipinski definition) is 0. The van der Waals surface area contributed by atoms with E-state index in [1.807, 2.05) is 0 Å². The highest BCUT2D eigenvalue weighted by molar-refractivity contribution is 5.38. The molecular weight excluding hydrogens is 168 g/mol. The van der Waals surface area contributed by atoms with Gasteiger partial charge in [0.2, 0.25) is 0 Å². The van der Waals surface area contributed by atoms with E-state index < -0.39 is 0 Å². The monoisotopic (exact) mass is 184 g/mol. The van der Waals surface area contributed by atoms with Gasteiger partial charge < -0.3 is 0 Å². The molecule has 0 spiro atoms. The number of rotatable bonds is 3. The molecule has 1 atom stereocenters. The minimum Gasteiger partial charge on any atom is -0.0804 e. The topological polar surface area (TPSA) is 0 Å². The molecule has 72 valence electrons. The molecule has 1 aliphatic rings. The lowest BCUT2D eigenvalue weighted by Gasteiger charge is -2.15. The molecule has 14 heavy (non-hydrogen) atoms. The van der Waals surface area contributed by atoms with Crippen molar-refractivity contribution in [3.8, 4) is 0 Å². The van der Waals surface area contributed by atoms with E-state index in [-0.39, 0.29) is 0 Å². The van der Waals surface area contributed by atoms with Gasteiger partial charge in [-0.1, -0.05) is 55.5 Å². The molecule has 0 nitrogen and oxygen atoms in total. The summed E-state index contributed by atoms with van der Waals surface area (Å²) in [7, 11) is 0. The third kappa shape index (κ3) is 1.79. The second-order valence-electron chi connectivity index (χ2n) is 3.71. The Morgan fingerprint density at radius 3 is 2.57 bits per heavy atom. The van der Waals surface area contributed by atoms with Gasteiger partial charge in [0, 0.05) is 5.92 Å². The van der Waals surface area contributed by atoms with Gasteiger partial charge >= 0.3 is 0 Å². The molecule has 1 aromatic rings. The zero-order valence-corrected chi connectivity index (χ0v) is 8.61. The summed E-state index contributed by atoms with van der Waals surface area (Å²) in [6.45, 7) is 2.25. The van der Waals surface area contributed by atoms with Gasteiger partial charge in [0.15, 0.2) is 0 Å². The van der Waals surface area contributed by atoms with Gasteiger partial charge in [-0.15, -0.1) is 0 Å². The van der Waals surface area contributed by atoms with Gasteiger partial charge in [0.1, 0.15) is 0 Å². The van der Waals surface area contributed by atoms with Gasteiger partial charge in [0.25, 0.3) is 0 Å². The summed E-state index contributed by atoms with van der Waals surface area (Å²) in [4.78, 5) is 0. The lowest BCUT2D eigenvalue weighted by Crippen LogP contribution is -1.98. The Hall–Kier alpha value is -1.30. The summed E-state index contributed by atoms with van der Waals surface area (Å²) in [5.74, 6) is 0.593. The highest BCUT2D eigenvalue weighted by Crippen LogP contribution is 2.30. The van der Waals surface area contributed by atoms with Crippen molar-refractivity contribution in [3.63, 3.8) is 0 Å². The van der Waals surface area contributed by atoms with Crippen LogP contribution in [0.3, 0.4) is 0 Å². The van der Waals surface area contributed by atoms with E-state index in [1.165, 1.54) is 17.6 Å². The predicted molar refractivity (Wildman–Crippen MR) is 61.3 cm³/mol. The first-order chi connectivity index (χ1) is 6.92. The molecule has 0 amide bonds. The fourth-order valence-electron chi connectivity index (χ4n) is 2.08. The molecule has 1 unspecified atom stereocenters. The van der Waals surface area contributed by atoms with E-state index in [4.69, 9.17) is 0 Å². The standard InChI is InChI=1S/C14H16/c1-2-14(13-10-6-7-11-13)12-8-4-3-5-9-12/h3-6,8-11,14H,2,7H2,1H3. The maximum absolute atomic E-state index is 2.33. The summed E-state index contributed by atoms with van der Waals surface area (Å²) in [5.41, 5.74) is 2.92. The quantitative estimate of drug-likeness (QED) is 0.664. The van der Waals surface area contributed by atoms with E-state index >= 15 is 0 Å². The van der Waals surface area contributed by atoms with Crippen molar-refractivity contribution in [1.82, 2.24) is 0 Å². The summed E-state index contributed by atoms with van der Waals surface area (Å²) >= 11 is 0. The molecule has 0 saturated heterocycles. The maximum atomic E-state index is 2.33. The van der Waals surface area contributed by atoms with Crippen LogP contribution in [0.15, 0.2) is 54.1 Å². The van der Waals surface area contributed by atoms with Crippen LogP contribution in [-0.2, 0) is 0 Å². The molecule has 1 aromatic carbocycles. The second-order valence-corrected chi connectivity index (χ2v) is 3.71. The molecule has 0 aliphatic heterocycles. The number of allylic oxidation sites excluding steroid dienone is 4. The van der Waals surface area contributed by atoms with Crippen molar-refractivity contribution in [2.45, 2.75) is 25.7 Å². The zero-order valence-electron chi connectivity index (χ0n) is 8.61. The van der Waals surface area contributed by atoms with E-state index in [1.54, 1.807) is 0 Å². The molecule has 0 radical (unpaired) electrons. The van der Waals surface area contributed by atoms with Gasteiger partial charge in [-0.25, -0.2) is 0 Å². The normalized spacial score (nSPS) is 16.8. The Morgan fingerprint density at radius 1 is 1.21 bits per heavy atom. The molecule has 0 N–H and O–H groups in total. The minimum atomic E-state index is 0.593. The average Bonchev–Trinajstić information content (AvgIpc) is 2.74. The summed E-state index contributed by atoms with van der Waals surface area (Å²) in [5, 5.41) is 0. The fraction of sp³-hybridized carbons (Fsp3) is 0.286. The maximum Gasteiger partial charge on any atom is 0.00835 e. The van der Waals surface area contributed by atoms with Crippen LogP contribution in [0.5, 0.6) is 0 Å². The molecule has 0 bridgehead atoms. The number of benzene rings is 1. The molecule has 0 fully saturated rings. The Kier molecular flexibility index (Phi) is 2.83. The van der Waals surface area contributed by atoms with Crippen molar-refractivity contribution in [3.05, 3.63) is 59.7 Å². The van der Waals surface area contributed by atoms with Crippen molar-refractivity contribution in [2.24, 2.45) is 0 Å². The van der Waals surface area contributed by atoms with Gasteiger partial charge in [-0.05, 0) is 24.0 Å². The first-order valence-corrected chi connectivity index (χ1v) is 5.33. The van der Waals surface area contributed by atoms with E-state index in [0.717, 1.165) is 6.42 Å². The highest BCUT2D eigenvalue weighted by Gasteiger charge is 2.13. The first kappa shape index (κ1) is 9.26. The van der Waals surface area contributed by atoms with Crippen molar-refractivity contribution < 1.29 is 0 Å². The first-order valence-electron chi connectivity index (χ1n) is 5.33. The molecule has 0 heterocycles. The Morgan fingerprint density at radius 2 is 2.00 bits per heavy atom. The van der Waals surface area contributed by atoms with Crippen LogP contribution in [0.1, 0.15) is 31.2 Å². The highest BCUT2D eigenvalue weighted by atomic mass is 14.2. The van der Waals surface area contributed by atoms with E-state index in [0.29, 0.717) is 5.92 Å². The summed E-state index contributed by atoms with van der Waals surface area (Å²) in [6.07, 6.45) is 9.13. The van der Waals surface area contributed by atoms with Gasteiger partial charge in [-0.2, -0.15) is 0 Å². The largest absolute Gasteiger partial charge is 0.0804 e. The molecule has 1 aliphatic carbocycles. The van der Waals surface area contributed by atoms with Crippen molar-refractivity contribution in [1.29, 1.82) is 0 Å². The van der Waals surface area contributed by atoms with Crippen LogP contribution in [0, 0.1) is 0 Å². The van der Waals surface area contributed by atoms with E-state index in [2.05, 4.69) is 55.5 Å². The molecule has 0 aromatic heterocycles. The lowest BCUT2D eigenvalue weighted by atomic mass is 9.89. The van der Waals surface area contributed by atoms with Crippen LogP contribution in [0.25, 0.3) is 0 Å². The molecule has 2 rings (SSSR count). The smallest absolute Gasteiger partial charge is 0.00835 e. The average molecular weight is 184 g/mol. The molecule has 0 heteroatoms. The summed E-state index contributed by atoms with van der Waals surface area (Å²) in [6, 6.07) is 10.8. The van der Waals surface area contributed by atoms with Crippen LogP contribution < -0.4 is 0 Å². The second kappa shape index (κ2) is 4.28. The Bertz CT molecular complexity index is 344. The van der Waals surface area contributed by atoms with Crippen LogP contribution in [-0.4, -0.2) is 0 Å². The van der Waals surface area contributed by atoms with E-state index in [9.17, 15) is 0 Å².